The van der Waals surface area contributed by atoms with Crippen molar-refractivity contribution in [1.82, 2.24) is 4.98 Å². The van der Waals surface area contributed by atoms with Crippen LogP contribution in [0.15, 0.2) is 36.5 Å². The summed E-state index contributed by atoms with van der Waals surface area (Å²) in [5.74, 6) is 0.0394. The number of pyridine rings is 1. The van der Waals surface area contributed by atoms with E-state index in [1.807, 2.05) is 12.1 Å². The van der Waals surface area contributed by atoms with Gasteiger partial charge in [0.15, 0.2) is 0 Å². The molecule has 0 radical (unpaired) electrons. The van der Waals surface area contributed by atoms with Crippen LogP contribution in [0, 0.1) is 11.3 Å². The molecule has 0 N–H and O–H groups in total. The summed E-state index contributed by atoms with van der Waals surface area (Å²) in [5.41, 5.74) is 3.05. The number of nitrogens with zero attached hydrogens (tertiary/aromatic N) is 3. The van der Waals surface area contributed by atoms with Crippen molar-refractivity contribution in [2.45, 2.75) is 13.0 Å². The van der Waals surface area contributed by atoms with Crippen molar-refractivity contribution in [3.05, 3.63) is 58.4 Å². The van der Waals surface area contributed by atoms with Crippen LogP contribution in [-0.4, -0.2) is 10.9 Å². The number of anilines is 1. The average Bonchev–Trinajstić information content (AvgIpc) is 2.75. The van der Waals surface area contributed by atoms with Gasteiger partial charge < -0.3 is 4.90 Å². The summed E-state index contributed by atoms with van der Waals surface area (Å²) in [7, 11) is 0. The maximum atomic E-state index is 12.1. The standard InChI is InChI=1S/C15H10ClN3O/c16-12-2-1-11-6-15(20)19(14(11)7-12)9-10-3-4-18-13(5-10)8-17/h1-5,7H,6,9H2. The number of nitriles is 1. The van der Waals surface area contributed by atoms with E-state index in [0.717, 1.165) is 16.8 Å². The van der Waals surface area contributed by atoms with Gasteiger partial charge in [-0.2, -0.15) is 5.26 Å². The van der Waals surface area contributed by atoms with E-state index in [4.69, 9.17) is 16.9 Å². The minimum absolute atomic E-state index is 0.0394. The third-order valence-electron chi connectivity index (χ3n) is 3.26. The number of carbonyl (C=O) groups is 1. The number of benzene rings is 1. The molecule has 2 heterocycles. The molecule has 0 saturated carbocycles. The smallest absolute Gasteiger partial charge is 0.231 e. The van der Waals surface area contributed by atoms with E-state index >= 15 is 0 Å². The molecular formula is C15H10ClN3O. The fourth-order valence-electron chi connectivity index (χ4n) is 2.32. The van der Waals surface area contributed by atoms with E-state index < -0.39 is 0 Å². The van der Waals surface area contributed by atoms with Gasteiger partial charge in [-0.25, -0.2) is 4.98 Å². The van der Waals surface area contributed by atoms with Crippen LogP contribution in [-0.2, 0) is 17.8 Å². The normalized spacial score (nSPS) is 13.2. The van der Waals surface area contributed by atoms with Crippen LogP contribution in [0.4, 0.5) is 5.69 Å². The molecule has 98 valence electrons. The van der Waals surface area contributed by atoms with Gasteiger partial charge in [0.05, 0.1) is 13.0 Å². The SMILES string of the molecule is N#Cc1cc(CN2C(=O)Cc3ccc(Cl)cc32)ccn1. The van der Waals surface area contributed by atoms with Crippen molar-refractivity contribution >= 4 is 23.2 Å². The summed E-state index contributed by atoms with van der Waals surface area (Å²) in [6, 6.07) is 11.0. The second-order valence-corrected chi connectivity index (χ2v) is 5.03. The van der Waals surface area contributed by atoms with Gasteiger partial charge in [0, 0.05) is 16.9 Å². The number of hydrogen-bond acceptors (Lipinski definition) is 3. The second-order valence-electron chi connectivity index (χ2n) is 4.59. The van der Waals surface area contributed by atoms with Gasteiger partial charge in [-0.15, -0.1) is 0 Å². The monoisotopic (exact) mass is 283 g/mol. The van der Waals surface area contributed by atoms with Crippen LogP contribution in [0.3, 0.4) is 0 Å². The van der Waals surface area contributed by atoms with E-state index in [-0.39, 0.29) is 5.91 Å². The molecule has 1 aromatic heterocycles. The molecular weight excluding hydrogens is 274 g/mol. The van der Waals surface area contributed by atoms with Gasteiger partial charge in [0.2, 0.25) is 5.91 Å². The van der Waals surface area contributed by atoms with Gasteiger partial charge in [0.25, 0.3) is 0 Å². The Hall–Kier alpha value is -2.38. The first-order valence-electron chi connectivity index (χ1n) is 6.11. The zero-order chi connectivity index (χ0) is 14.1. The Morgan fingerprint density at radius 2 is 2.20 bits per heavy atom. The second kappa shape index (κ2) is 4.95. The molecule has 3 rings (SSSR count). The minimum Gasteiger partial charge on any atom is -0.307 e. The summed E-state index contributed by atoms with van der Waals surface area (Å²) < 4.78 is 0. The maximum Gasteiger partial charge on any atom is 0.231 e. The van der Waals surface area contributed by atoms with Crippen LogP contribution in [0.25, 0.3) is 0 Å². The molecule has 0 bridgehead atoms. The molecule has 1 amide bonds. The van der Waals surface area contributed by atoms with Crippen LogP contribution in [0.1, 0.15) is 16.8 Å². The van der Waals surface area contributed by atoms with Gasteiger partial charge >= 0.3 is 0 Å². The van der Waals surface area contributed by atoms with Gasteiger partial charge in [-0.1, -0.05) is 17.7 Å². The molecule has 1 aliphatic rings. The molecule has 0 fully saturated rings. The zero-order valence-electron chi connectivity index (χ0n) is 10.5. The molecule has 4 nitrogen and oxygen atoms in total. The summed E-state index contributed by atoms with van der Waals surface area (Å²) in [6.07, 6.45) is 1.97. The van der Waals surface area contributed by atoms with Crippen molar-refractivity contribution in [2.24, 2.45) is 0 Å². The quantitative estimate of drug-likeness (QED) is 0.851. The largest absolute Gasteiger partial charge is 0.307 e. The van der Waals surface area contributed by atoms with Crippen molar-refractivity contribution in [1.29, 1.82) is 5.26 Å². The van der Waals surface area contributed by atoms with Crippen LogP contribution >= 0.6 is 11.6 Å². The highest BCUT2D eigenvalue weighted by molar-refractivity contribution is 6.31. The van der Waals surface area contributed by atoms with Gasteiger partial charge in [-0.3, -0.25) is 4.79 Å². The Bertz CT molecular complexity index is 736. The van der Waals surface area contributed by atoms with Crippen LogP contribution in [0.5, 0.6) is 0 Å². The van der Waals surface area contributed by atoms with E-state index in [1.54, 1.807) is 35.4 Å². The lowest BCUT2D eigenvalue weighted by atomic mass is 10.1. The lowest BCUT2D eigenvalue weighted by Crippen LogP contribution is -2.26. The Labute approximate surface area is 121 Å². The van der Waals surface area contributed by atoms with Crippen LogP contribution < -0.4 is 4.90 Å². The number of fused-ring (bicyclic) bond motifs is 1. The molecule has 0 unspecified atom stereocenters. The Morgan fingerprint density at radius 3 is 3.00 bits per heavy atom. The molecule has 5 heteroatoms. The van der Waals surface area contributed by atoms with E-state index in [0.29, 0.717) is 23.7 Å². The lowest BCUT2D eigenvalue weighted by molar-refractivity contribution is -0.117. The predicted octanol–water partition coefficient (Wildman–Crippen LogP) is 2.70. The molecule has 2 aromatic rings. The summed E-state index contributed by atoms with van der Waals surface area (Å²) in [6.45, 7) is 0.420. The number of hydrogen-bond donors (Lipinski definition) is 0. The van der Waals surface area contributed by atoms with Crippen molar-refractivity contribution in [3.63, 3.8) is 0 Å². The number of rotatable bonds is 2. The van der Waals surface area contributed by atoms with E-state index in [9.17, 15) is 4.79 Å². The topological polar surface area (TPSA) is 57.0 Å². The number of aromatic nitrogens is 1. The fraction of sp³-hybridized carbons (Fsp3) is 0.133. The van der Waals surface area contributed by atoms with E-state index in [1.165, 1.54) is 0 Å². The first-order chi connectivity index (χ1) is 9.67. The van der Waals surface area contributed by atoms with Crippen molar-refractivity contribution in [3.8, 4) is 6.07 Å². The first-order valence-corrected chi connectivity index (χ1v) is 6.49. The molecule has 1 aliphatic heterocycles. The summed E-state index contributed by atoms with van der Waals surface area (Å²) in [4.78, 5) is 17.7. The van der Waals surface area contributed by atoms with Gasteiger partial charge in [-0.05, 0) is 35.4 Å². The first kappa shape index (κ1) is 12.6. The zero-order valence-corrected chi connectivity index (χ0v) is 11.3. The summed E-state index contributed by atoms with van der Waals surface area (Å²) in [5, 5.41) is 9.47. The Balaban J connectivity index is 1.94. The number of halogens is 1. The molecule has 1 aromatic carbocycles. The molecule has 0 atom stereocenters. The third kappa shape index (κ3) is 2.24. The average molecular weight is 284 g/mol. The van der Waals surface area contributed by atoms with Gasteiger partial charge in [0.1, 0.15) is 11.8 Å². The number of amides is 1. The molecule has 0 spiro atoms. The highest BCUT2D eigenvalue weighted by atomic mass is 35.5. The number of carbonyl (C=O) groups excluding carboxylic acids is 1. The molecule has 0 saturated heterocycles. The Kier molecular flexibility index (Phi) is 3.13. The third-order valence-corrected chi connectivity index (χ3v) is 3.50. The predicted molar refractivity (Wildman–Crippen MR) is 75.3 cm³/mol. The Morgan fingerprint density at radius 1 is 1.35 bits per heavy atom. The minimum atomic E-state index is 0.0394. The highest BCUT2D eigenvalue weighted by Gasteiger charge is 2.27. The van der Waals surface area contributed by atoms with Crippen LogP contribution in [0.2, 0.25) is 5.02 Å². The molecule has 0 aliphatic carbocycles. The lowest BCUT2D eigenvalue weighted by Gasteiger charge is -2.17. The fourth-order valence-corrected chi connectivity index (χ4v) is 2.49. The van der Waals surface area contributed by atoms with Crippen molar-refractivity contribution in [2.75, 3.05) is 4.90 Å². The van der Waals surface area contributed by atoms with E-state index in [2.05, 4.69) is 4.98 Å². The molecule has 20 heavy (non-hydrogen) atoms. The van der Waals surface area contributed by atoms with Crippen molar-refractivity contribution < 1.29 is 4.79 Å². The maximum absolute atomic E-state index is 12.1. The highest BCUT2D eigenvalue weighted by Crippen LogP contribution is 2.32. The summed E-state index contributed by atoms with van der Waals surface area (Å²) >= 11 is 6.00.